The first-order chi connectivity index (χ1) is 13.5. The van der Waals surface area contributed by atoms with Crippen molar-refractivity contribution in [1.82, 2.24) is 0 Å². The van der Waals surface area contributed by atoms with Crippen LogP contribution in [0.3, 0.4) is 0 Å². The number of amides is 1. The molecule has 0 radical (unpaired) electrons. The van der Waals surface area contributed by atoms with Crippen LogP contribution >= 0.6 is 34.5 Å². The van der Waals surface area contributed by atoms with Crippen molar-refractivity contribution in [2.24, 2.45) is 0 Å². The lowest BCUT2D eigenvalue weighted by molar-refractivity contribution is 0.0526. The summed E-state index contributed by atoms with van der Waals surface area (Å²) in [6.45, 7) is 2.25. The van der Waals surface area contributed by atoms with Crippen molar-refractivity contribution in [2.75, 3.05) is 11.5 Å². The van der Waals surface area contributed by atoms with Crippen molar-refractivity contribution in [3.63, 3.8) is 0 Å². The van der Waals surface area contributed by atoms with Crippen LogP contribution < -0.4 is 4.90 Å². The number of anilines is 1. The largest absolute Gasteiger partial charge is 0.462 e. The molecular formula is C21H17Cl2NO3S. The number of thiophene rings is 1. The van der Waals surface area contributed by atoms with Gasteiger partial charge < -0.3 is 9.64 Å². The van der Waals surface area contributed by atoms with Gasteiger partial charge in [-0.3, -0.25) is 4.79 Å². The Bertz CT molecular complexity index is 952. The van der Waals surface area contributed by atoms with Crippen molar-refractivity contribution in [1.29, 1.82) is 0 Å². The van der Waals surface area contributed by atoms with E-state index in [9.17, 15) is 9.59 Å². The number of halogens is 2. The third-order valence-corrected chi connectivity index (χ3v) is 5.61. The number of hydrogen-bond acceptors (Lipinski definition) is 4. The van der Waals surface area contributed by atoms with E-state index in [0.717, 1.165) is 0 Å². The van der Waals surface area contributed by atoms with Gasteiger partial charge in [-0.1, -0.05) is 35.3 Å². The van der Waals surface area contributed by atoms with Crippen LogP contribution in [0.2, 0.25) is 10.0 Å². The average Bonchev–Trinajstić information content (AvgIpc) is 3.23. The maximum absolute atomic E-state index is 13.1. The minimum atomic E-state index is -0.403. The van der Waals surface area contributed by atoms with E-state index in [1.807, 2.05) is 11.4 Å². The minimum Gasteiger partial charge on any atom is -0.462 e. The second kappa shape index (κ2) is 9.24. The van der Waals surface area contributed by atoms with Crippen LogP contribution in [0.1, 0.15) is 32.5 Å². The van der Waals surface area contributed by atoms with Crippen LogP contribution in [-0.2, 0) is 11.3 Å². The molecule has 3 aromatic rings. The van der Waals surface area contributed by atoms with Gasteiger partial charge in [-0.05, 0) is 54.8 Å². The van der Waals surface area contributed by atoms with Crippen LogP contribution in [0.15, 0.2) is 60.0 Å². The quantitative estimate of drug-likeness (QED) is 0.442. The number of hydrogen-bond donors (Lipinski definition) is 0. The molecule has 144 valence electrons. The lowest BCUT2D eigenvalue weighted by Crippen LogP contribution is -2.30. The number of esters is 1. The van der Waals surface area contributed by atoms with E-state index in [1.165, 1.54) is 11.3 Å². The maximum Gasteiger partial charge on any atom is 0.338 e. The first-order valence-corrected chi connectivity index (χ1v) is 10.2. The number of carbonyl (C=O) groups is 2. The van der Waals surface area contributed by atoms with Gasteiger partial charge in [0.25, 0.3) is 5.91 Å². The Morgan fingerprint density at radius 2 is 1.68 bits per heavy atom. The van der Waals surface area contributed by atoms with E-state index in [2.05, 4.69) is 0 Å². The van der Waals surface area contributed by atoms with Gasteiger partial charge in [-0.2, -0.15) is 0 Å². The molecule has 1 aromatic heterocycles. The van der Waals surface area contributed by atoms with Crippen LogP contribution in [0.4, 0.5) is 5.69 Å². The smallest absolute Gasteiger partial charge is 0.338 e. The predicted molar refractivity (Wildman–Crippen MR) is 114 cm³/mol. The first-order valence-electron chi connectivity index (χ1n) is 8.56. The molecule has 4 nitrogen and oxygen atoms in total. The standard InChI is InChI=1S/C21H17Cl2NO3S/c1-2-27-21(26)14-8-10-15(11-9-14)24(20(25)19-7-4-12-28-19)13-16-17(22)5-3-6-18(16)23/h3-12H,2,13H2,1H3. The van der Waals surface area contributed by atoms with Crippen molar-refractivity contribution in [3.8, 4) is 0 Å². The molecule has 0 aliphatic rings. The summed E-state index contributed by atoms with van der Waals surface area (Å²) in [6, 6.07) is 15.5. The summed E-state index contributed by atoms with van der Waals surface area (Å²) < 4.78 is 5.01. The molecule has 1 amide bonds. The molecule has 0 aliphatic heterocycles. The number of benzene rings is 2. The van der Waals surface area contributed by atoms with Crippen LogP contribution in [0.5, 0.6) is 0 Å². The molecule has 2 aromatic carbocycles. The van der Waals surface area contributed by atoms with E-state index < -0.39 is 5.97 Å². The van der Waals surface area contributed by atoms with Gasteiger partial charge in [0.2, 0.25) is 0 Å². The van der Waals surface area contributed by atoms with Gasteiger partial charge in [0.05, 0.1) is 23.6 Å². The van der Waals surface area contributed by atoms with E-state index in [1.54, 1.807) is 60.4 Å². The molecule has 28 heavy (non-hydrogen) atoms. The molecule has 0 N–H and O–H groups in total. The highest BCUT2D eigenvalue weighted by Gasteiger charge is 2.22. The fourth-order valence-electron chi connectivity index (χ4n) is 2.65. The van der Waals surface area contributed by atoms with Gasteiger partial charge >= 0.3 is 5.97 Å². The second-order valence-corrected chi connectivity index (χ2v) is 7.60. The third kappa shape index (κ3) is 4.55. The summed E-state index contributed by atoms with van der Waals surface area (Å²) in [5.41, 5.74) is 1.71. The van der Waals surface area contributed by atoms with Gasteiger partial charge in [0.15, 0.2) is 0 Å². The maximum atomic E-state index is 13.1. The fourth-order valence-corrected chi connectivity index (χ4v) is 3.84. The number of ether oxygens (including phenoxy) is 1. The van der Waals surface area contributed by atoms with Crippen LogP contribution in [0.25, 0.3) is 0 Å². The fraction of sp³-hybridized carbons (Fsp3) is 0.143. The molecule has 1 heterocycles. The average molecular weight is 434 g/mol. The first kappa shape index (κ1) is 20.4. The molecule has 0 saturated heterocycles. The Labute approximate surface area is 177 Å². The molecule has 0 spiro atoms. The molecule has 0 aliphatic carbocycles. The van der Waals surface area contributed by atoms with Crippen molar-refractivity contribution < 1.29 is 14.3 Å². The predicted octanol–water partition coefficient (Wildman–Crippen LogP) is 6.08. The van der Waals surface area contributed by atoms with Gasteiger partial charge in [-0.15, -0.1) is 11.3 Å². The van der Waals surface area contributed by atoms with Crippen molar-refractivity contribution in [3.05, 3.63) is 86.0 Å². The molecular weight excluding hydrogens is 417 g/mol. The molecule has 7 heteroatoms. The summed E-state index contributed by atoms with van der Waals surface area (Å²) in [4.78, 5) is 27.2. The van der Waals surface area contributed by atoms with E-state index >= 15 is 0 Å². The summed E-state index contributed by atoms with van der Waals surface area (Å²) in [5, 5.41) is 2.82. The van der Waals surface area contributed by atoms with E-state index in [-0.39, 0.29) is 12.5 Å². The highest BCUT2D eigenvalue weighted by Crippen LogP contribution is 2.29. The monoisotopic (exact) mass is 433 g/mol. The van der Waals surface area contributed by atoms with Crippen LogP contribution in [-0.4, -0.2) is 18.5 Å². The normalized spacial score (nSPS) is 10.5. The SMILES string of the molecule is CCOC(=O)c1ccc(N(Cc2c(Cl)cccc2Cl)C(=O)c2cccs2)cc1. The Morgan fingerprint density at radius 1 is 1.00 bits per heavy atom. The topological polar surface area (TPSA) is 46.6 Å². The van der Waals surface area contributed by atoms with Crippen LogP contribution in [0, 0.1) is 0 Å². The van der Waals surface area contributed by atoms with Gasteiger partial charge in [0.1, 0.15) is 0 Å². The number of rotatable bonds is 6. The molecule has 0 fully saturated rings. The Morgan fingerprint density at radius 3 is 2.25 bits per heavy atom. The molecule has 0 unspecified atom stereocenters. The van der Waals surface area contributed by atoms with Gasteiger partial charge in [0, 0.05) is 21.3 Å². The van der Waals surface area contributed by atoms with Crippen molar-refractivity contribution in [2.45, 2.75) is 13.5 Å². The van der Waals surface area contributed by atoms with E-state index in [0.29, 0.717) is 38.3 Å². The Balaban J connectivity index is 1.97. The lowest BCUT2D eigenvalue weighted by Gasteiger charge is -2.24. The summed E-state index contributed by atoms with van der Waals surface area (Å²) >= 11 is 14.0. The van der Waals surface area contributed by atoms with Crippen molar-refractivity contribution >= 4 is 52.1 Å². The highest BCUT2D eigenvalue weighted by atomic mass is 35.5. The number of carbonyl (C=O) groups excluding carboxylic acids is 2. The Kier molecular flexibility index (Phi) is 6.73. The van der Waals surface area contributed by atoms with E-state index in [4.69, 9.17) is 27.9 Å². The second-order valence-electron chi connectivity index (χ2n) is 5.84. The molecule has 3 rings (SSSR count). The number of nitrogens with zero attached hydrogens (tertiary/aromatic N) is 1. The van der Waals surface area contributed by atoms with Gasteiger partial charge in [-0.25, -0.2) is 4.79 Å². The molecule has 0 saturated carbocycles. The lowest BCUT2D eigenvalue weighted by atomic mass is 10.1. The summed E-state index contributed by atoms with van der Waals surface area (Å²) in [7, 11) is 0. The molecule has 0 bridgehead atoms. The third-order valence-electron chi connectivity index (χ3n) is 4.05. The zero-order valence-corrected chi connectivity index (χ0v) is 17.4. The minimum absolute atomic E-state index is 0.171. The zero-order chi connectivity index (χ0) is 20.1. The Hall–Kier alpha value is -2.34. The zero-order valence-electron chi connectivity index (χ0n) is 15.0. The highest BCUT2D eigenvalue weighted by molar-refractivity contribution is 7.12. The molecule has 0 atom stereocenters. The summed E-state index contributed by atoms with van der Waals surface area (Å²) in [6.07, 6.45) is 0. The summed E-state index contributed by atoms with van der Waals surface area (Å²) in [5.74, 6) is -0.575.